The summed E-state index contributed by atoms with van der Waals surface area (Å²) < 4.78 is 16.5. The summed E-state index contributed by atoms with van der Waals surface area (Å²) in [5.41, 5.74) is 0.205. The molecular weight excluding hydrogens is 366 g/mol. The number of carbonyl (C=O) groups is 2. The van der Waals surface area contributed by atoms with Crippen molar-refractivity contribution in [2.45, 2.75) is 37.9 Å². The number of non-ortho nitro benzene ring substituents is 1. The quantitative estimate of drug-likeness (QED) is 0.259. The van der Waals surface area contributed by atoms with Crippen LogP contribution in [-0.2, 0) is 19.1 Å². The van der Waals surface area contributed by atoms with Crippen molar-refractivity contribution in [2.24, 2.45) is 0 Å². The van der Waals surface area contributed by atoms with Crippen LogP contribution >= 0.6 is 0 Å². The molecule has 1 aromatic carbocycles. The van der Waals surface area contributed by atoms with Gasteiger partial charge in [-0.05, 0) is 25.0 Å². The molecule has 1 aliphatic carbocycles. The zero-order chi connectivity index (χ0) is 19.7. The highest BCUT2D eigenvalue weighted by atomic mass is 16.7. The predicted molar refractivity (Wildman–Crippen MR) is 96.8 cm³/mol. The standard InChI is InChI=1S/C20H17NO7/c22-18-16(19(23)28-20(27-18)9-2-1-3-10-20)12-15-7-8-17(26-15)13-5-4-6-14(11-13)21(24)25/h4-8,11-12H,1-3,9-10H2. The molecule has 0 radical (unpaired) electrons. The lowest BCUT2D eigenvalue weighted by atomic mass is 9.93. The van der Waals surface area contributed by atoms with E-state index in [-0.39, 0.29) is 17.0 Å². The summed E-state index contributed by atoms with van der Waals surface area (Å²) >= 11 is 0. The number of carbonyl (C=O) groups excluding carboxylic acids is 2. The molecular formula is C20H17NO7. The first-order valence-electron chi connectivity index (χ1n) is 8.99. The van der Waals surface area contributed by atoms with Gasteiger partial charge in [-0.2, -0.15) is 0 Å². The van der Waals surface area contributed by atoms with Crippen LogP contribution in [0.15, 0.2) is 46.4 Å². The summed E-state index contributed by atoms with van der Waals surface area (Å²) in [6.07, 6.45) is 4.98. The van der Waals surface area contributed by atoms with E-state index in [1.54, 1.807) is 24.3 Å². The van der Waals surface area contributed by atoms with Gasteiger partial charge in [0.2, 0.25) is 0 Å². The number of nitro benzene ring substituents is 1. The second-order valence-corrected chi connectivity index (χ2v) is 6.82. The van der Waals surface area contributed by atoms with E-state index in [9.17, 15) is 19.7 Å². The van der Waals surface area contributed by atoms with Crippen molar-refractivity contribution in [1.29, 1.82) is 0 Å². The molecule has 2 fully saturated rings. The number of nitrogens with zero attached hydrogens (tertiary/aromatic N) is 1. The van der Waals surface area contributed by atoms with Gasteiger partial charge in [0, 0.05) is 36.6 Å². The van der Waals surface area contributed by atoms with E-state index in [1.807, 2.05) is 0 Å². The largest absolute Gasteiger partial charge is 0.457 e. The maximum Gasteiger partial charge on any atom is 0.349 e. The van der Waals surface area contributed by atoms with E-state index >= 15 is 0 Å². The maximum atomic E-state index is 12.4. The van der Waals surface area contributed by atoms with Crippen LogP contribution in [0.25, 0.3) is 17.4 Å². The summed E-state index contributed by atoms with van der Waals surface area (Å²) in [7, 11) is 0. The average Bonchev–Trinajstić information content (AvgIpc) is 3.14. The molecule has 28 heavy (non-hydrogen) atoms. The van der Waals surface area contributed by atoms with Crippen molar-refractivity contribution in [3.05, 3.63) is 57.8 Å². The second kappa shape index (κ2) is 6.95. The van der Waals surface area contributed by atoms with Crippen molar-refractivity contribution in [3.8, 4) is 11.3 Å². The van der Waals surface area contributed by atoms with Gasteiger partial charge in [0.15, 0.2) is 0 Å². The molecule has 144 valence electrons. The molecule has 1 saturated carbocycles. The van der Waals surface area contributed by atoms with Gasteiger partial charge in [0.1, 0.15) is 17.1 Å². The predicted octanol–water partition coefficient (Wildman–Crippen LogP) is 4.00. The summed E-state index contributed by atoms with van der Waals surface area (Å²) in [5.74, 6) is -1.99. The molecule has 0 bridgehead atoms. The van der Waals surface area contributed by atoms with Crippen LogP contribution in [-0.4, -0.2) is 22.6 Å². The molecule has 2 aliphatic rings. The topological polar surface area (TPSA) is 109 Å². The number of furan rings is 1. The third-order valence-corrected chi connectivity index (χ3v) is 4.87. The Kier molecular flexibility index (Phi) is 4.46. The van der Waals surface area contributed by atoms with Gasteiger partial charge in [-0.25, -0.2) is 9.59 Å². The molecule has 0 atom stereocenters. The molecule has 1 spiro atoms. The molecule has 4 rings (SSSR count). The van der Waals surface area contributed by atoms with Crippen LogP contribution in [0.3, 0.4) is 0 Å². The molecule has 1 aliphatic heterocycles. The van der Waals surface area contributed by atoms with E-state index in [4.69, 9.17) is 13.9 Å². The van der Waals surface area contributed by atoms with Crippen LogP contribution in [0.4, 0.5) is 5.69 Å². The Labute approximate surface area is 159 Å². The summed E-state index contributed by atoms with van der Waals surface area (Å²) in [6.45, 7) is 0. The van der Waals surface area contributed by atoms with Gasteiger partial charge in [-0.3, -0.25) is 10.1 Å². The fourth-order valence-electron chi connectivity index (χ4n) is 3.46. The highest BCUT2D eigenvalue weighted by Gasteiger charge is 2.46. The Morgan fingerprint density at radius 1 is 1.00 bits per heavy atom. The highest BCUT2D eigenvalue weighted by Crippen LogP contribution is 2.37. The Balaban J connectivity index is 1.57. The minimum absolute atomic E-state index is 0.0639. The van der Waals surface area contributed by atoms with Crippen LogP contribution in [0.2, 0.25) is 0 Å². The Morgan fingerprint density at radius 2 is 1.71 bits per heavy atom. The van der Waals surface area contributed by atoms with Crippen LogP contribution < -0.4 is 0 Å². The minimum Gasteiger partial charge on any atom is -0.457 e. The maximum absolute atomic E-state index is 12.4. The lowest BCUT2D eigenvalue weighted by Gasteiger charge is -2.38. The summed E-state index contributed by atoms with van der Waals surface area (Å²) in [4.78, 5) is 35.2. The monoisotopic (exact) mass is 383 g/mol. The van der Waals surface area contributed by atoms with Crippen molar-refractivity contribution >= 4 is 23.7 Å². The molecule has 8 nitrogen and oxygen atoms in total. The zero-order valence-electron chi connectivity index (χ0n) is 14.9. The second-order valence-electron chi connectivity index (χ2n) is 6.82. The first kappa shape index (κ1) is 18.0. The van der Waals surface area contributed by atoms with E-state index in [2.05, 4.69) is 0 Å². The van der Waals surface area contributed by atoms with Crippen LogP contribution in [0.1, 0.15) is 37.9 Å². The fourth-order valence-corrected chi connectivity index (χ4v) is 3.46. The smallest absolute Gasteiger partial charge is 0.349 e. The van der Waals surface area contributed by atoms with Gasteiger partial charge in [-0.1, -0.05) is 18.6 Å². The zero-order valence-corrected chi connectivity index (χ0v) is 14.9. The van der Waals surface area contributed by atoms with Gasteiger partial charge in [0.25, 0.3) is 11.5 Å². The van der Waals surface area contributed by atoms with Crippen LogP contribution in [0, 0.1) is 10.1 Å². The number of hydrogen-bond donors (Lipinski definition) is 0. The number of benzene rings is 1. The number of hydrogen-bond acceptors (Lipinski definition) is 7. The van der Waals surface area contributed by atoms with Gasteiger partial charge in [-0.15, -0.1) is 0 Å². The SMILES string of the molecule is O=C1OC2(CCCCC2)OC(=O)C1=Cc1ccc(-c2cccc([N+](=O)[O-])c2)o1. The van der Waals surface area contributed by atoms with Crippen molar-refractivity contribution in [1.82, 2.24) is 0 Å². The Morgan fingerprint density at radius 3 is 2.39 bits per heavy atom. The number of ether oxygens (including phenoxy) is 2. The lowest BCUT2D eigenvalue weighted by Crippen LogP contribution is -2.47. The van der Waals surface area contributed by atoms with Crippen LogP contribution in [0.5, 0.6) is 0 Å². The van der Waals surface area contributed by atoms with E-state index in [0.717, 1.165) is 19.3 Å². The van der Waals surface area contributed by atoms with Crippen molar-refractivity contribution in [2.75, 3.05) is 0 Å². The third-order valence-electron chi connectivity index (χ3n) is 4.87. The first-order chi connectivity index (χ1) is 13.5. The Bertz CT molecular complexity index is 960. The molecule has 1 aromatic heterocycles. The summed E-state index contributed by atoms with van der Waals surface area (Å²) in [5, 5.41) is 10.9. The fraction of sp³-hybridized carbons (Fsp3) is 0.300. The molecule has 1 saturated heterocycles. The van der Waals surface area contributed by atoms with Crippen molar-refractivity contribution in [3.63, 3.8) is 0 Å². The number of rotatable bonds is 3. The molecule has 0 amide bonds. The lowest BCUT2D eigenvalue weighted by molar-refractivity contribution is -0.384. The van der Waals surface area contributed by atoms with Gasteiger partial charge < -0.3 is 13.9 Å². The number of nitro groups is 1. The van der Waals surface area contributed by atoms with Gasteiger partial charge in [0.05, 0.1) is 4.92 Å². The molecule has 0 N–H and O–H groups in total. The molecule has 2 aromatic rings. The molecule has 0 unspecified atom stereocenters. The average molecular weight is 383 g/mol. The van der Waals surface area contributed by atoms with Gasteiger partial charge >= 0.3 is 11.9 Å². The third kappa shape index (κ3) is 3.40. The number of esters is 2. The minimum atomic E-state index is -1.14. The van der Waals surface area contributed by atoms with E-state index in [0.29, 0.717) is 24.2 Å². The Hall–Kier alpha value is -3.42. The summed E-state index contributed by atoms with van der Waals surface area (Å²) in [6, 6.07) is 9.14. The normalized spacial score (nSPS) is 18.5. The first-order valence-corrected chi connectivity index (χ1v) is 8.99. The van der Waals surface area contributed by atoms with E-state index < -0.39 is 22.6 Å². The van der Waals surface area contributed by atoms with E-state index in [1.165, 1.54) is 18.2 Å². The molecule has 2 heterocycles. The molecule has 8 heteroatoms. The highest BCUT2D eigenvalue weighted by molar-refractivity contribution is 6.18. The van der Waals surface area contributed by atoms with Crippen molar-refractivity contribution < 1.29 is 28.4 Å².